The maximum Gasteiger partial charge on any atom is 0 e. The van der Waals surface area contributed by atoms with Gasteiger partial charge in [-0.15, -0.1) is 0 Å². The Morgan fingerprint density at radius 1 is 1.00 bits per heavy atom. The van der Waals surface area contributed by atoms with Gasteiger partial charge in [0.15, 0.2) is 17.4 Å². The summed E-state index contributed by atoms with van der Waals surface area (Å²) in [5.74, 6) is 0. The molecule has 0 N–H and O–H groups in total. The van der Waals surface area contributed by atoms with Gasteiger partial charge in [-0.1, -0.05) is 0 Å². The third kappa shape index (κ3) is 19.1. The van der Waals surface area contributed by atoms with E-state index in [1.165, 1.54) is 0 Å². The average Bonchev–Trinajstić information content (AvgIpc) is 0. The van der Waals surface area contributed by atoms with E-state index in [1.54, 1.807) is 0 Å². The van der Waals surface area contributed by atoms with Crippen LogP contribution in [0.25, 0.3) is 0 Å². The molecule has 26 valence electrons. The number of rotatable bonds is 0. The standard InChI is InChI=1S/Al.Mg.H3P.Sn.Zn.7H/h;;1H3;;;;;;;;;. The fourth-order valence-corrected chi connectivity index (χ4v) is 0. The molecular formula is H10AlMgPSnZn. The van der Waals surface area contributed by atoms with Crippen molar-refractivity contribution < 1.29 is 19.5 Å². The Morgan fingerprint density at radius 2 is 1.00 bits per heavy atom. The van der Waals surface area contributed by atoms with Gasteiger partial charge in [-0.2, -0.15) is 9.90 Å². The van der Waals surface area contributed by atoms with Crippen molar-refractivity contribution >= 4 is 74.2 Å². The molecule has 0 aliphatic carbocycles. The van der Waals surface area contributed by atoms with Crippen molar-refractivity contribution in [2.45, 2.75) is 0 Å². The molecule has 0 saturated heterocycles. The normalized spacial score (nSPS) is 0. The van der Waals surface area contributed by atoms with Gasteiger partial charge >= 0.3 is 47.0 Å². The third-order valence-electron chi connectivity index (χ3n) is 0. The molecule has 0 aromatic carbocycles. The van der Waals surface area contributed by atoms with Gasteiger partial charge in [0.25, 0.3) is 0 Å². The first-order valence-electron chi connectivity index (χ1n) is 0. The molecule has 0 fully saturated rings. The van der Waals surface area contributed by atoms with E-state index in [9.17, 15) is 0 Å². The van der Waals surface area contributed by atoms with Crippen molar-refractivity contribution in [2.75, 3.05) is 0 Å². The summed E-state index contributed by atoms with van der Waals surface area (Å²) in [6.45, 7) is 0. The molecule has 5 heteroatoms. The van der Waals surface area contributed by atoms with Gasteiger partial charge < -0.3 is 0 Å². The number of hydrogen-bond acceptors (Lipinski definition) is 0. The van der Waals surface area contributed by atoms with Crippen molar-refractivity contribution in [3.63, 3.8) is 0 Å². The molecule has 0 rings (SSSR count). The molecule has 0 amide bonds. The fraction of sp³-hybridized carbons (Fsp3) is 0. The smallest absolute Gasteiger partial charge is 0 e. The van der Waals surface area contributed by atoms with Gasteiger partial charge in [-0.25, -0.2) is 0 Å². The molecule has 0 aliphatic heterocycles. The maximum absolute atomic E-state index is 0. The van der Waals surface area contributed by atoms with Crippen molar-refractivity contribution in [1.82, 2.24) is 0 Å². The quantitative estimate of drug-likeness (QED) is 0.328. The zero-order valence-electron chi connectivity index (χ0n) is 2.12. The predicted octanol–water partition coefficient (Wildman–Crippen LogP) is -2.96. The Bertz CT molecular complexity index is 11.6. The first kappa shape index (κ1) is 42.0. The summed E-state index contributed by atoms with van der Waals surface area (Å²) in [5.41, 5.74) is 0. The largest absolute Gasteiger partial charge is 0 e. The molecule has 1 unspecified atom stereocenters. The SMILES string of the molecule is P.[AlH3].[MgH2].[SnH2].[Zn]. The second kappa shape index (κ2) is 27.3. The zero-order chi connectivity index (χ0) is 0. The van der Waals surface area contributed by atoms with Crippen LogP contribution in [0.3, 0.4) is 0 Å². The first-order valence-corrected chi connectivity index (χ1v) is 0. The van der Waals surface area contributed by atoms with Crippen molar-refractivity contribution in [2.24, 2.45) is 0 Å². The van der Waals surface area contributed by atoms with Gasteiger partial charge in [0.2, 0.25) is 0 Å². The second-order valence-electron chi connectivity index (χ2n) is 0. The third-order valence-corrected chi connectivity index (χ3v) is 0. The Labute approximate surface area is 92.2 Å². The van der Waals surface area contributed by atoms with Crippen LogP contribution < -0.4 is 0 Å². The molecular weight excluding hydrogens is 266 g/mol. The van der Waals surface area contributed by atoms with E-state index in [-0.39, 0.29) is 93.7 Å². The summed E-state index contributed by atoms with van der Waals surface area (Å²) >= 11 is 0. The molecule has 1 atom stereocenters. The van der Waals surface area contributed by atoms with E-state index in [2.05, 4.69) is 0 Å². The Hall–Kier alpha value is 3.15. The van der Waals surface area contributed by atoms with Crippen LogP contribution >= 0.6 is 9.90 Å². The number of hydrogen-bond donors (Lipinski definition) is 0. The molecule has 0 aliphatic rings. The summed E-state index contributed by atoms with van der Waals surface area (Å²) in [6.07, 6.45) is 0. The Balaban J connectivity index is 0. The zero-order valence-corrected chi connectivity index (χ0v) is 10.5. The monoisotopic (exact) mass is 276 g/mol. The van der Waals surface area contributed by atoms with Crippen molar-refractivity contribution in [3.05, 3.63) is 0 Å². The molecule has 0 aromatic heterocycles. The molecule has 0 nitrogen and oxygen atoms in total. The molecule has 0 heterocycles. The minimum absolute atomic E-state index is 0. The molecule has 0 spiro atoms. The molecule has 0 bridgehead atoms. The Morgan fingerprint density at radius 3 is 1.00 bits per heavy atom. The summed E-state index contributed by atoms with van der Waals surface area (Å²) in [7, 11) is 0. The van der Waals surface area contributed by atoms with Crippen LogP contribution in [0.2, 0.25) is 0 Å². The molecule has 5 heavy (non-hydrogen) atoms. The van der Waals surface area contributed by atoms with Crippen LogP contribution in [0.15, 0.2) is 0 Å². The van der Waals surface area contributed by atoms with Crippen LogP contribution in [0.4, 0.5) is 0 Å². The van der Waals surface area contributed by atoms with Gasteiger partial charge in [0, 0.05) is 19.5 Å². The molecule has 0 aromatic rings. The first-order chi connectivity index (χ1) is 0. The van der Waals surface area contributed by atoms with Gasteiger partial charge in [0.1, 0.15) is 0 Å². The van der Waals surface area contributed by atoms with Gasteiger partial charge in [-0.05, 0) is 0 Å². The van der Waals surface area contributed by atoms with E-state index in [0.29, 0.717) is 0 Å². The van der Waals surface area contributed by atoms with Crippen LogP contribution in [-0.2, 0) is 19.5 Å². The fourth-order valence-electron chi connectivity index (χ4n) is 0. The van der Waals surface area contributed by atoms with Crippen LogP contribution in [0, 0.1) is 0 Å². The predicted molar refractivity (Wildman–Crippen MR) is 38.1 cm³/mol. The van der Waals surface area contributed by atoms with E-state index in [1.807, 2.05) is 0 Å². The van der Waals surface area contributed by atoms with Crippen LogP contribution in [0.1, 0.15) is 0 Å². The minimum atomic E-state index is 0. The van der Waals surface area contributed by atoms with Gasteiger partial charge in [-0.3, -0.25) is 0 Å². The van der Waals surface area contributed by atoms with E-state index >= 15 is 0 Å². The summed E-state index contributed by atoms with van der Waals surface area (Å²) in [5, 5.41) is 0. The molecule has 0 saturated carbocycles. The summed E-state index contributed by atoms with van der Waals surface area (Å²) < 4.78 is 0. The van der Waals surface area contributed by atoms with Crippen molar-refractivity contribution in [1.29, 1.82) is 0 Å². The minimum Gasteiger partial charge on any atom is 0 e. The maximum atomic E-state index is 0. The van der Waals surface area contributed by atoms with Crippen LogP contribution in [0.5, 0.6) is 0 Å². The molecule has 2 radical (unpaired) electrons. The second-order valence-corrected chi connectivity index (χ2v) is 0. The summed E-state index contributed by atoms with van der Waals surface area (Å²) in [6, 6.07) is 0. The topological polar surface area (TPSA) is 0 Å². The van der Waals surface area contributed by atoms with Crippen molar-refractivity contribution in [3.8, 4) is 0 Å². The summed E-state index contributed by atoms with van der Waals surface area (Å²) in [4.78, 5) is 0. The van der Waals surface area contributed by atoms with Gasteiger partial charge in [0.05, 0.1) is 0 Å². The van der Waals surface area contributed by atoms with E-state index < -0.39 is 0 Å². The average molecular weight is 276 g/mol. The van der Waals surface area contributed by atoms with E-state index in [4.69, 9.17) is 0 Å². The van der Waals surface area contributed by atoms with Crippen LogP contribution in [-0.4, -0.2) is 64.3 Å². The Kier molecular flexibility index (Phi) is 229. The van der Waals surface area contributed by atoms with E-state index in [0.717, 1.165) is 0 Å².